The third-order valence-electron chi connectivity index (χ3n) is 5.33. The number of hydrogen-bond donors (Lipinski definition) is 1. The molecule has 2 heterocycles. The Kier molecular flexibility index (Phi) is 6.16. The first-order valence-corrected chi connectivity index (χ1v) is 9.64. The van der Waals surface area contributed by atoms with E-state index in [1.807, 2.05) is 0 Å². The molecule has 0 amide bonds. The lowest BCUT2D eigenvalue weighted by Crippen LogP contribution is -2.39. The number of rotatable bonds is 5. The van der Waals surface area contributed by atoms with Gasteiger partial charge in [-0.25, -0.2) is 0 Å². The largest absolute Gasteiger partial charge is 0.389 e. The van der Waals surface area contributed by atoms with Gasteiger partial charge in [0.05, 0.1) is 18.8 Å². The summed E-state index contributed by atoms with van der Waals surface area (Å²) >= 11 is 0. The van der Waals surface area contributed by atoms with Gasteiger partial charge < -0.3 is 14.6 Å². The number of aliphatic hydroxyl groups excluding tert-OH is 1. The van der Waals surface area contributed by atoms with Crippen molar-refractivity contribution in [2.75, 3.05) is 32.9 Å². The molecule has 1 N–H and O–H groups in total. The minimum Gasteiger partial charge on any atom is -0.389 e. The van der Waals surface area contributed by atoms with Crippen LogP contribution >= 0.6 is 0 Å². The first-order valence-electron chi connectivity index (χ1n) is 9.64. The van der Waals surface area contributed by atoms with E-state index in [0.29, 0.717) is 13.2 Å². The standard InChI is InChI=1S/C21H33NO3/c1-21(2,3)18-5-4-16-6-9-22(13-17(16)12-18)14-19(23)15-25-20-7-10-24-11-8-20/h4-5,12,19-20,23H,6-11,13-15H2,1-3H3. The maximum atomic E-state index is 10.4. The van der Waals surface area contributed by atoms with Gasteiger partial charge in [0.15, 0.2) is 0 Å². The Balaban J connectivity index is 1.51. The molecule has 1 aromatic carbocycles. The molecule has 140 valence electrons. The van der Waals surface area contributed by atoms with Gasteiger partial charge >= 0.3 is 0 Å². The van der Waals surface area contributed by atoms with Gasteiger partial charge in [-0.1, -0.05) is 39.0 Å². The molecule has 2 aliphatic rings. The lowest BCUT2D eigenvalue weighted by atomic mass is 9.84. The summed E-state index contributed by atoms with van der Waals surface area (Å²) in [7, 11) is 0. The Bertz CT molecular complexity index is 561. The van der Waals surface area contributed by atoms with E-state index in [9.17, 15) is 5.11 Å². The Morgan fingerprint density at radius 2 is 2.00 bits per heavy atom. The summed E-state index contributed by atoms with van der Waals surface area (Å²) in [6.45, 7) is 11.4. The van der Waals surface area contributed by atoms with Crippen LogP contribution in [0, 0.1) is 0 Å². The maximum Gasteiger partial charge on any atom is 0.0900 e. The molecule has 4 heteroatoms. The van der Waals surface area contributed by atoms with E-state index in [-0.39, 0.29) is 11.5 Å². The van der Waals surface area contributed by atoms with Crippen molar-refractivity contribution >= 4 is 0 Å². The Hall–Kier alpha value is -0.940. The first-order chi connectivity index (χ1) is 11.9. The normalized spacial score (nSPS) is 21.1. The lowest BCUT2D eigenvalue weighted by molar-refractivity contribution is -0.0647. The molecule has 1 unspecified atom stereocenters. The summed E-state index contributed by atoms with van der Waals surface area (Å²) in [6.07, 6.45) is 2.78. The number of fused-ring (bicyclic) bond motifs is 1. The zero-order valence-corrected chi connectivity index (χ0v) is 16.0. The fraction of sp³-hybridized carbons (Fsp3) is 0.714. The third kappa shape index (κ3) is 5.27. The highest BCUT2D eigenvalue weighted by molar-refractivity contribution is 5.36. The average Bonchev–Trinajstić information content (AvgIpc) is 2.59. The summed E-state index contributed by atoms with van der Waals surface area (Å²) in [5, 5.41) is 10.4. The molecule has 1 saturated heterocycles. The Morgan fingerprint density at radius 3 is 2.72 bits per heavy atom. The summed E-state index contributed by atoms with van der Waals surface area (Å²) in [5.41, 5.74) is 4.43. The van der Waals surface area contributed by atoms with Gasteiger partial charge in [-0.05, 0) is 41.4 Å². The Morgan fingerprint density at radius 1 is 1.24 bits per heavy atom. The number of nitrogens with zero attached hydrogens (tertiary/aromatic N) is 1. The number of hydrogen-bond acceptors (Lipinski definition) is 4. The summed E-state index contributed by atoms with van der Waals surface area (Å²) in [4.78, 5) is 2.35. The number of ether oxygens (including phenoxy) is 2. The number of β-amino-alcohol motifs (C(OH)–C–C–N with tert-alkyl or cyclic N) is 1. The predicted octanol–water partition coefficient (Wildman–Crippen LogP) is 2.90. The van der Waals surface area contributed by atoms with Crippen molar-refractivity contribution in [2.45, 2.75) is 64.2 Å². The van der Waals surface area contributed by atoms with Crippen LogP contribution in [0.3, 0.4) is 0 Å². The van der Waals surface area contributed by atoms with Gasteiger partial charge in [0.1, 0.15) is 0 Å². The van der Waals surface area contributed by atoms with Crippen molar-refractivity contribution in [3.05, 3.63) is 34.9 Å². The molecule has 0 spiro atoms. The van der Waals surface area contributed by atoms with Gasteiger partial charge in [-0.2, -0.15) is 0 Å². The van der Waals surface area contributed by atoms with Crippen molar-refractivity contribution in [3.8, 4) is 0 Å². The van der Waals surface area contributed by atoms with E-state index in [1.54, 1.807) is 0 Å². The van der Waals surface area contributed by atoms with Crippen molar-refractivity contribution in [1.82, 2.24) is 4.90 Å². The zero-order chi connectivity index (χ0) is 17.9. The summed E-state index contributed by atoms with van der Waals surface area (Å²) in [6, 6.07) is 6.91. The average molecular weight is 347 g/mol. The molecule has 4 nitrogen and oxygen atoms in total. The predicted molar refractivity (Wildman–Crippen MR) is 99.9 cm³/mol. The summed E-state index contributed by atoms with van der Waals surface area (Å²) < 4.78 is 11.2. The molecular weight excluding hydrogens is 314 g/mol. The van der Waals surface area contributed by atoms with Crippen molar-refractivity contribution in [1.29, 1.82) is 0 Å². The zero-order valence-electron chi connectivity index (χ0n) is 16.0. The van der Waals surface area contributed by atoms with Crippen LogP contribution in [0.2, 0.25) is 0 Å². The summed E-state index contributed by atoms with van der Waals surface area (Å²) in [5.74, 6) is 0. The second kappa shape index (κ2) is 8.17. The van der Waals surface area contributed by atoms with Crippen molar-refractivity contribution in [2.24, 2.45) is 0 Å². The maximum absolute atomic E-state index is 10.4. The lowest BCUT2D eigenvalue weighted by Gasteiger charge is -2.32. The molecule has 0 bridgehead atoms. The van der Waals surface area contributed by atoms with E-state index in [1.165, 1.54) is 16.7 Å². The molecule has 25 heavy (non-hydrogen) atoms. The van der Waals surface area contributed by atoms with Crippen LogP contribution in [-0.4, -0.2) is 55.1 Å². The van der Waals surface area contributed by atoms with E-state index < -0.39 is 6.10 Å². The fourth-order valence-electron chi connectivity index (χ4n) is 3.68. The van der Waals surface area contributed by atoms with Gasteiger partial charge in [0, 0.05) is 32.8 Å². The molecule has 1 aromatic rings. The van der Waals surface area contributed by atoms with Crippen molar-refractivity contribution < 1.29 is 14.6 Å². The molecule has 2 aliphatic heterocycles. The van der Waals surface area contributed by atoms with Gasteiger partial charge in [-0.15, -0.1) is 0 Å². The van der Waals surface area contributed by atoms with E-state index in [2.05, 4.69) is 43.9 Å². The van der Waals surface area contributed by atoms with Crippen LogP contribution in [0.5, 0.6) is 0 Å². The number of benzene rings is 1. The molecule has 0 saturated carbocycles. The fourth-order valence-corrected chi connectivity index (χ4v) is 3.68. The minimum atomic E-state index is -0.421. The van der Waals surface area contributed by atoms with E-state index in [0.717, 1.165) is 45.6 Å². The third-order valence-corrected chi connectivity index (χ3v) is 5.33. The highest BCUT2D eigenvalue weighted by Gasteiger charge is 2.22. The molecule has 0 radical (unpaired) electrons. The molecule has 3 rings (SSSR count). The van der Waals surface area contributed by atoms with Crippen LogP contribution in [0.25, 0.3) is 0 Å². The quantitative estimate of drug-likeness (QED) is 0.889. The van der Waals surface area contributed by atoms with Gasteiger partial charge in [0.2, 0.25) is 0 Å². The van der Waals surface area contributed by atoms with Crippen LogP contribution in [0.15, 0.2) is 18.2 Å². The van der Waals surface area contributed by atoms with Crippen LogP contribution in [0.4, 0.5) is 0 Å². The highest BCUT2D eigenvalue weighted by Crippen LogP contribution is 2.27. The highest BCUT2D eigenvalue weighted by atomic mass is 16.5. The second-order valence-electron chi connectivity index (χ2n) is 8.52. The topological polar surface area (TPSA) is 41.9 Å². The van der Waals surface area contributed by atoms with Crippen LogP contribution in [-0.2, 0) is 27.9 Å². The monoisotopic (exact) mass is 347 g/mol. The van der Waals surface area contributed by atoms with Gasteiger partial charge in [0.25, 0.3) is 0 Å². The molecular formula is C21H33NO3. The van der Waals surface area contributed by atoms with Gasteiger partial charge in [-0.3, -0.25) is 4.90 Å². The SMILES string of the molecule is CC(C)(C)c1ccc2c(c1)CN(CC(O)COC1CCOCC1)CC2. The Labute approximate surface area is 152 Å². The van der Waals surface area contributed by atoms with E-state index >= 15 is 0 Å². The smallest absolute Gasteiger partial charge is 0.0900 e. The molecule has 0 aromatic heterocycles. The molecule has 1 fully saturated rings. The number of aliphatic hydroxyl groups is 1. The van der Waals surface area contributed by atoms with E-state index in [4.69, 9.17) is 9.47 Å². The first kappa shape index (κ1) is 18.8. The minimum absolute atomic E-state index is 0.175. The second-order valence-corrected chi connectivity index (χ2v) is 8.52. The van der Waals surface area contributed by atoms with Crippen molar-refractivity contribution in [3.63, 3.8) is 0 Å². The molecule has 1 atom stereocenters. The van der Waals surface area contributed by atoms with Crippen LogP contribution < -0.4 is 0 Å². The van der Waals surface area contributed by atoms with Crippen LogP contribution in [0.1, 0.15) is 50.3 Å². The molecule has 0 aliphatic carbocycles.